The quantitative estimate of drug-likeness (QED) is 0.154. The van der Waals surface area contributed by atoms with Crippen LogP contribution in [0.3, 0.4) is 0 Å². The topological polar surface area (TPSA) is 6.48 Å². The fraction of sp³-hybridized carbons (Fsp3) is 0.789. The summed E-state index contributed by atoms with van der Waals surface area (Å²) in [6, 6.07) is 10.3. The van der Waals surface area contributed by atoms with Crippen LogP contribution in [0.15, 0.2) is 24.3 Å². The molecular weight excluding hydrogens is 1050 g/mol. The molecule has 372 valence electrons. The van der Waals surface area contributed by atoms with E-state index in [1.807, 2.05) is 0 Å². The Labute approximate surface area is 419 Å². The van der Waals surface area contributed by atoms with Crippen LogP contribution in [0, 0.1) is 41.5 Å². The second-order valence-electron chi connectivity index (χ2n) is 23.3. The van der Waals surface area contributed by atoms with Gasteiger partial charge in [-0.3, -0.25) is 0 Å². The Balaban J connectivity index is 1.43. The normalized spacial score (nSPS) is 25.5. The van der Waals surface area contributed by atoms with Gasteiger partial charge in [0, 0.05) is 0 Å². The van der Waals surface area contributed by atoms with Crippen LogP contribution in [0.2, 0.25) is 0 Å². The average Bonchev–Trinajstić information content (AvgIpc) is 3.70. The summed E-state index contributed by atoms with van der Waals surface area (Å²) >= 11 is -4.78. The molecule has 1 saturated heterocycles. The minimum absolute atomic E-state index is 0.204. The number of hydrogen-bond acceptors (Lipinski definition) is 2. The molecule has 0 radical (unpaired) electrons. The minimum atomic E-state index is -2.39. The number of rotatable bonds is 12. The number of benzene rings is 2. The van der Waals surface area contributed by atoms with Crippen molar-refractivity contribution in [3.8, 4) is 0 Å². The van der Waals surface area contributed by atoms with E-state index in [0.717, 1.165) is 47.0 Å². The molecular formula is C57H94Cl2N2P2Ru2. The molecule has 0 aromatic heterocycles. The van der Waals surface area contributed by atoms with Gasteiger partial charge in [-0.15, -0.1) is 0 Å². The van der Waals surface area contributed by atoms with Crippen molar-refractivity contribution in [1.82, 2.24) is 0 Å². The molecule has 7 aliphatic rings. The van der Waals surface area contributed by atoms with E-state index < -0.39 is 40.1 Å². The van der Waals surface area contributed by atoms with Crippen molar-refractivity contribution in [1.29, 1.82) is 0 Å². The second-order valence-corrected chi connectivity index (χ2v) is 56.4. The van der Waals surface area contributed by atoms with Crippen LogP contribution in [0.4, 0.5) is 11.4 Å². The van der Waals surface area contributed by atoms with Crippen LogP contribution in [-0.4, -0.2) is 49.9 Å². The van der Waals surface area contributed by atoms with Crippen LogP contribution >= 0.6 is 30.6 Å². The van der Waals surface area contributed by atoms with E-state index in [0.29, 0.717) is 0 Å². The summed E-state index contributed by atoms with van der Waals surface area (Å²) < 4.78 is -0.204. The molecule has 0 bridgehead atoms. The molecule has 2 aromatic carbocycles. The van der Waals surface area contributed by atoms with Crippen LogP contribution in [0.1, 0.15) is 226 Å². The Morgan fingerprint density at radius 1 is 0.369 bits per heavy atom. The third kappa shape index (κ3) is 9.27. The van der Waals surface area contributed by atoms with Crippen molar-refractivity contribution in [2.24, 2.45) is 0 Å². The van der Waals surface area contributed by atoms with E-state index in [1.165, 1.54) is 226 Å². The maximum atomic E-state index is 10.0. The predicted octanol–water partition coefficient (Wildman–Crippen LogP) is 18.3. The maximum absolute atomic E-state index is 10.0. The molecule has 65 heavy (non-hydrogen) atoms. The molecule has 2 nitrogen and oxygen atoms in total. The Morgan fingerprint density at radius 2 is 0.569 bits per heavy atom. The molecule has 0 atom stereocenters. The molecule has 1 aliphatic heterocycles. The van der Waals surface area contributed by atoms with Gasteiger partial charge in [0.15, 0.2) is 0 Å². The Hall–Kier alpha value is 0.727. The molecule has 1 heterocycles. The first-order valence-electron chi connectivity index (χ1n) is 27.9. The molecule has 0 unspecified atom stereocenters. The summed E-state index contributed by atoms with van der Waals surface area (Å²) in [5.41, 5.74) is 12.9. The standard InChI is InChI=1S/C21H26N2.2C18H33P.2ClH.2Ru/c1-14-9-16(3)20(17(4)10-14)22-7-8-23(13-22)21-18(5)11-15(2)12-19(21)6;2*1-4-10-16(11-5-1)19(17-12-6-2-7-13-17)18-14-8-3-9-15-18;;;;/h9-12H,7-8H2,1-6H3;2*16-18H,1-15H2;2*1H;;. The molecule has 6 saturated carbocycles. The SMILES string of the molecule is Cc1cc(C)c(N2CCN(c3c(C)cc(C)cc3C)[C]2([Ru]([Cl])[PH](C2CCCCC2)(C2CCCCC2)C2CCCCC2)[Ru]([Cl])[PH](C2CCCCC2)(C2CCCCC2)C2CCCCC2)c(C)c1. The van der Waals surface area contributed by atoms with Crippen LogP contribution < -0.4 is 9.80 Å². The summed E-state index contributed by atoms with van der Waals surface area (Å²) in [7, 11) is 20.1. The van der Waals surface area contributed by atoms with E-state index in [1.54, 1.807) is 11.4 Å². The molecule has 6 aliphatic carbocycles. The summed E-state index contributed by atoms with van der Waals surface area (Å²) in [5, 5.41) is 0. The third-order valence-electron chi connectivity index (χ3n) is 19.2. The van der Waals surface area contributed by atoms with Crippen molar-refractivity contribution in [2.45, 2.75) is 271 Å². The number of anilines is 2. The Bertz CT molecular complexity index is 1620. The molecule has 0 spiro atoms. The van der Waals surface area contributed by atoms with E-state index in [9.17, 15) is 19.4 Å². The Kier molecular flexibility index (Phi) is 17.3. The zero-order valence-electron chi connectivity index (χ0n) is 42.3. The monoisotopic (exact) mass is 1140 g/mol. The zero-order chi connectivity index (χ0) is 45.3. The van der Waals surface area contributed by atoms with E-state index in [-0.39, 0.29) is 2.85 Å². The van der Waals surface area contributed by atoms with E-state index in [2.05, 4.69) is 75.6 Å². The average molecular weight is 1140 g/mol. The Morgan fingerprint density at radius 3 is 0.769 bits per heavy atom. The summed E-state index contributed by atoms with van der Waals surface area (Å²) in [6.07, 6.45) is 44.0. The van der Waals surface area contributed by atoms with Gasteiger partial charge in [-0.05, 0) is 0 Å². The molecule has 0 amide bonds. The number of hydrogen-bond donors (Lipinski definition) is 0. The number of aryl methyl sites for hydroxylation is 6. The van der Waals surface area contributed by atoms with Gasteiger partial charge in [-0.2, -0.15) is 0 Å². The molecule has 7 fully saturated rings. The van der Waals surface area contributed by atoms with Gasteiger partial charge in [-0.25, -0.2) is 0 Å². The second kappa shape index (κ2) is 22.2. The molecule has 2 aromatic rings. The summed E-state index contributed by atoms with van der Waals surface area (Å²) in [5.74, 6) is 0. The fourth-order valence-corrected chi connectivity index (χ4v) is 100. The van der Waals surface area contributed by atoms with Gasteiger partial charge in [0.2, 0.25) is 0 Å². The predicted molar refractivity (Wildman–Crippen MR) is 288 cm³/mol. The van der Waals surface area contributed by atoms with Crippen LogP contribution in [0.25, 0.3) is 0 Å². The van der Waals surface area contributed by atoms with Crippen LogP contribution in [-0.2, 0) is 29.0 Å². The van der Waals surface area contributed by atoms with Gasteiger partial charge >= 0.3 is 422 Å². The summed E-state index contributed by atoms with van der Waals surface area (Å²) in [6.45, 7) is 16.9. The van der Waals surface area contributed by atoms with Crippen molar-refractivity contribution < 1.29 is 29.0 Å². The first-order chi connectivity index (χ1) is 31.6. The van der Waals surface area contributed by atoms with E-state index >= 15 is 0 Å². The first kappa shape index (κ1) is 50.7. The van der Waals surface area contributed by atoms with Gasteiger partial charge in [0.1, 0.15) is 0 Å². The number of halogens is 2. The summed E-state index contributed by atoms with van der Waals surface area (Å²) in [4.78, 5) is 6.53. The van der Waals surface area contributed by atoms with Crippen molar-refractivity contribution in [2.75, 3.05) is 22.9 Å². The van der Waals surface area contributed by atoms with Gasteiger partial charge in [-0.1, -0.05) is 0 Å². The molecule has 8 heteroatoms. The molecule has 0 N–H and O–H groups in total. The zero-order valence-corrected chi connectivity index (χ0v) is 49.2. The van der Waals surface area contributed by atoms with Crippen molar-refractivity contribution >= 4 is 41.9 Å². The van der Waals surface area contributed by atoms with Crippen molar-refractivity contribution in [3.63, 3.8) is 0 Å². The number of nitrogens with zero attached hydrogens (tertiary/aromatic N) is 2. The van der Waals surface area contributed by atoms with Gasteiger partial charge in [0.05, 0.1) is 0 Å². The third-order valence-corrected chi connectivity index (χ3v) is 78.0. The van der Waals surface area contributed by atoms with Gasteiger partial charge < -0.3 is 0 Å². The first-order valence-corrected chi connectivity index (χ1v) is 43.5. The van der Waals surface area contributed by atoms with Crippen LogP contribution in [0.5, 0.6) is 0 Å². The fourth-order valence-electron chi connectivity index (χ4n) is 17.0. The molecule has 9 rings (SSSR count). The van der Waals surface area contributed by atoms with E-state index in [4.69, 9.17) is 0 Å². The van der Waals surface area contributed by atoms with Gasteiger partial charge in [0.25, 0.3) is 0 Å². The van der Waals surface area contributed by atoms with Crippen molar-refractivity contribution in [3.05, 3.63) is 57.6 Å².